The lowest BCUT2D eigenvalue weighted by Crippen LogP contribution is -2.10. The maximum absolute atomic E-state index is 6.18. The Bertz CT molecular complexity index is 771. The van der Waals surface area contributed by atoms with Crippen LogP contribution in [-0.2, 0) is 6.54 Å². The van der Waals surface area contributed by atoms with E-state index < -0.39 is 0 Å². The summed E-state index contributed by atoms with van der Waals surface area (Å²) in [5.74, 6) is 0.529. The Kier molecular flexibility index (Phi) is 4.01. The van der Waals surface area contributed by atoms with Crippen LogP contribution in [0.5, 0.6) is 0 Å². The Morgan fingerprint density at radius 3 is 2.57 bits per heavy atom. The van der Waals surface area contributed by atoms with Gasteiger partial charge in [-0.1, -0.05) is 23.7 Å². The first-order valence-electron chi connectivity index (χ1n) is 6.40. The molecule has 1 aromatic carbocycles. The molecule has 0 atom stereocenters. The minimum atomic E-state index is 0.345. The number of benzene rings is 1. The molecule has 1 N–H and O–H groups in total. The van der Waals surface area contributed by atoms with Gasteiger partial charge >= 0.3 is 0 Å². The number of hydrogen-bond acceptors (Lipinski definition) is 6. The molecule has 0 fully saturated rings. The average molecular weight is 320 g/mol. The van der Waals surface area contributed by atoms with Crippen LogP contribution in [0.4, 0.5) is 10.9 Å². The number of halogens is 1. The Balaban J connectivity index is 1.87. The number of thiazole rings is 1. The van der Waals surface area contributed by atoms with E-state index in [0.29, 0.717) is 11.0 Å². The Morgan fingerprint density at radius 1 is 1.14 bits per heavy atom. The zero-order valence-electron chi connectivity index (χ0n) is 11.7. The molecule has 0 unspecified atom stereocenters. The predicted octanol–water partition coefficient (Wildman–Crippen LogP) is 3.54. The highest BCUT2D eigenvalue weighted by molar-refractivity contribution is 7.13. The number of hydrogen-bond donors (Lipinski definition) is 1. The van der Waals surface area contributed by atoms with Gasteiger partial charge in [0.15, 0.2) is 16.1 Å². The summed E-state index contributed by atoms with van der Waals surface area (Å²) in [5, 5.41) is 6.27. The van der Waals surface area contributed by atoms with Crippen LogP contribution < -0.4 is 5.32 Å². The van der Waals surface area contributed by atoms with E-state index in [9.17, 15) is 0 Å². The van der Waals surface area contributed by atoms with Crippen molar-refractivity contribution in [2.45, 2.75) is 6.54 Å². The number of rotatable bonds is 4. The number of nitrogens with one attached hydrogen (secondary N) is 1. The van der Waals surface area contributed by atoms with Gasteiger partial charge in [0.05, 0.1) is 16.7 Å². The lowest BCUT2D eigenvalue weighted by atomic mass is 10.3. The lowest BCUT2D eigenvalue weighted by Gasteiger charge is -2.06. The molecule has 0 aliphatic rings. The number of nitrogens with zero attached hydrogens (tertiary/aromatic N) is 4. The Hall–Kier alpha value is -1.76. The van der Waals surface area contributed by atoms with Crippen LogP contribution in [0.15, 0.2) is 29.6 Å². The smallest absolute Gasteiger partial charge is 0.188 e. The molecule has 0 bridgehead atoms. The van der Waals surface area contributed by atoms with Crippen LogP contribution >= 0.6 is 22.9 Å². The van der Waals surface area contributed by atoms with Gasteiger partial charge in [-0.05, 0) is 26.2 Å². The molecule has 5 nitrogen and oxygen atoms in total. The van der Waals surface area contributed by atoms with Gasteiger partial charge in [0, 0.05) is 11.9 Å². The van der Waals surface area contributed by atoms with Crippen molar-refractivity contribution in [1.82, 2.24) is 19.9 Å². The molecule has 3 aromatic rings. The fourth-order valence-corrected chi connectivity index (χ4v) is 2.80. The molecule has 0 saturated carbocycles. The molecule has 7 heteroatoms. The number of fused-ring (bicyclic) bond motifs is 1. The molecule has 108 valence electrons. The monoisotopic (exact) mass is 319 g/mol. The number of para-hydroxylation sites is 2. The van der Waals surface area contributed by atoms with E-state index in [0.717, 1.165) is 28.4 Å². The normalized spacial score (nSPS) is 11.2. The molecular weight excluding hydrogens is 306 g/mol. The van der Waals surface area contributed by atoms with E-state index in [1.807, 2.05) is 43.7 Å². The first kappa shape index (κ1) is 14.2. The zero-order chi connectivity index (χ0) is 14.8. The summed E-state index contributed by atoms with van der Waals surface area (Å²) in [6.07, 6.45) is 0. The van der Waals surface area contributed by atoms with Crippen molar-refractivity contribution in [2.75, 3.05) is 19.4 Å². The van der Waals surface area contributed by atoms with Crippen molar-refractivity contribution in [3.63, 3.8) is 0 Å². The Labute approximate surface area is 131 Å². The second-order valence-electron chi connectivity index (χ2n) is 4.86. The number of anilines is 2. The maximum Gasteiger partial charge on any atom is 0.188 e. The van der Waals surface area contributed by atoms with Gasteiger partial charge in [-0.25, -0.2) is 15.0 Å². The van der Waals surface area contributed by atoms with Crippen molar-refractivity contribution in [3.05, 3.63) is 40.5 Å². The third-order valence-corrected chi connectivity index (χ3v) is 3.85. The molecule has 0 aliphatic heterocycles. The molecule has 0 aliphatic carbocycles. The highest BCUT2D eigenvalue weighted by atomic mass is 35.5. The van der Waals surface area contributed by atoms with Crippen LogP contribution in [0.25, 0.3) is 11.0 Å². The summed E-state index contributed by atoms with van der Waals surface area (Å²) >= 11 is 7.70. The third kappa shape index (κ3) is 3.29. The quantitative estimate of drug-likeness (QED) is 0.797. The van der Waals surface area contributed by atoms with Gasteiger partial charge in [-0.2, -0.15) is 0 Å². The second-order valence-corrected chi connectivity index (χ2v) is 6.07. The van der Waals surface area contributed by atoms with Crippen molar-refractivity contribution in [1.29, 1.82) is 0 Å². The average Bonchev–Trinajstić information content (AvgIpc) is 2.86. The summed E-state index contributed by atoms with van der Waals surface area (Å²) in [6.45, 7) is 0.801. The third-order valence-electron chi connectivity index (χ3n) is 2.78. The molecule has 21 heavy (non-hydrogen) atoms. The predicted molar refractivity (Wildman–Crippen MR) is 87.3 cm³/mol. The lowest BCUT2D eigenvalue weighted by molar-refractivity contribution is 0.398. The highest BCUT2D eigenvalue weighted by Gasteiger charge is 2.09. The SMILES string of the molecule is CN(C)Cc1csc(Nc2nc3ccccc3nc2Cl)n1. The highest BCUT2D eigenvalue weighted by Crippen LogP contribution is 2.26. The van der Waals surface area contributed by atoms with Crippen molar-refractivity contribution >= 4 is 44.9 Å². The van der Waals surface area contributed by atoms with E-state index in [4.69, 9.17) is 11.6 Å². The summed E-state index contributed by atoms with van der Waals surface area (Å²) < 4.78 is 0. The minimum Gasteiger partial charge on any atom is -0.314 e. The maximum atomic E-state index is 6.18. The van der Waals surface area contributed by atoms with Gasteiger partial charge in [-0.3, -0.25) is 0 Å². The first-order chi connectivity index (χ1) is 10.1. The van der Waals surface area contributed by atoms with E-state index in [-0.39, 0.29) is 0 Å². The van der Waals surface area contributed by atoms with Crippen LogP contribution in [0.2, 0.25) is 5.15 Å². The topological polar surface area (TPSA) is 53.9 Å². The van der Waals surface area contributed by atoms with E-state index in [2.05, 4.69) is 25.2 Å². The second kappa shape index (κ2) is 5.93. The zero-order valence-corrected chi connectivity index (χ0v) is 13.2. The Morgan fingerprint density at radius 2 is 1.86 bits per heavy atom. The van der Waals surface area contributed by atoms with Crippen LogP contribution in [0.1, 0.15) is 5.69 Å². The summed E-state index contributed by atoms with van der Waals surface area (Å²) in [4.78, 5) is 15.4. The van der Waals surface area contributed by atoms with E-state index >= 15 is 0 Å². The van der Waals surface area contributed by atoms with Gasteiger partial charge < -0.3 is 10.2 Å². The molecular formula is C14H14ClN5S. The molecule has 0 amide bonds. The van der Waals surface area contributed by atoms with Crippen LogP contribution in [0.3, 0.4) is 0 Å². The van der Waals surface area contributed by atoms with E-state index in [1.54, 1.807) is 0 Å². The number of aromatic nitrogens is 3. The van der Waals surface area contributed by atoms with Gasteiger partial charge in [0.2, 0.25) is 0 Å². The van der Waals surface area contributed by atoms with Crippen molar-refractivity contribution in [2.24, 2.45) is 0 Å². The fraction of sp³-hybridized carbons (Fsp3) is 0.214. The summed E-state index contributed by atoms with van der Waals surface area (Å²) in [7, 11) is 4.02. The summed E-state index contributed by atoms with van der Waals surface area (Å²) in [5.41, 5.74) is 2.59. The minimum absolute atomic E-state index is 0.345. The van der Waals surface area contributed by atoms with E-state index in [1.165, 1.54) is 11.3 Å². The van der Waals surface area contributed by atoms with Crippen molar-refractivity contribution in [3.8, 4) is 0 Å². The van der Waals surface area contributed by atoms with Crippen LogP contribution in [-0.4, -0.2) is 33.9 Å². The standard InChI is InChI=1S/C14H14ClN5S/c1-20(2)7-9-8-21-14(16-9)19-13-12(15)17-10-5-3-4-6-11(10)18-13/h3-6,8H,7H2,1-2H3,(H,16,18,19). The molecule has 0 saturated heterocycles. The first-order valence-corrected chi connectivity index (χ1v) is 7.66. The molecule has 2 heterocycles. The van der Waals surface area contributed by atoms with Gasteiger partial charge in [0.25, 0.3) is 0 Å². The van der Waals surface area contributed by atoms with Gasteiger partial charge in [0.1, 0.15) is 0 Å². The largest absolute Gasteiger partial charge is 0.314 e. The van der Waals surface area contributed by atoms with Gasteiger partial charge in [-0.15, -0.1) is 11.3 Å². The molecule has 3 rings (SSSR count). The molecule has 0 radical (unpaired) electrons. The fourth-order valence-electron chi connectivity index (χ4n) is 1.92. The van der Waals surface area contributed by atoms with Crippen LogP contribution in [0, 0.1) is 0 Å². The molecule has 0 spiro atoms. The molecule has 2 aromatic heterocycles. The van der Waals surface area contributed by atoms with Crippen molar-refractivity contribution < 1.29 is 0 Å². The summed E-state index contributed by atoms with van der Waals surface area (Å²) in [6, 6.07) is 7.63.